The van der Waals surface area contributed by atoms with Crippen molar-refractivity contribution in [3.63, 3.8) is 0 Å². The first kappa shape index (κ1) is 20.4. The van der Waals surface area contributed by atoms with E-state index in [2.05, 4.69) is 10.0 Å². The Labute approximate surface area is 155 Å². The molecule has 3 rings (SSSR count). The zero-order chi connectivity index (χ0) is 20.0. The molecule has 4 N–H and O–H groups in total. The molecule has 1 aromatic carbocycles. The van der Waals surface area contributed by atoms with E-state index in [-0.39, 0.29) is 11.6 Å². The van der Waals surface area contributed by atoms with Crippen LogP contribution in [0.15, 0.2) is 21.9 Å². The fourth-order valence-corrected chi connectivity index (χ4v) is 5.86. The van der Waals surface area contributed by atoms with Crippen LogP contribution in [0.5, 0.6) is 0 Å². The Morgan fingerprint density at radius 1 is 1.15 bits per heavy atom. The van der Waals surface area contributed by atoms with Crippen LogP contribution in [-0.4, -0.2) is 23.0 Å². The number of nitrogens with two attached hydrogens (primary N) is 1. The summed E-state index contributed by atoms with van der Waals surface area (Å²) in [7, 11) is -8.96. The zero-order valence-corrected chi connectivity index (χ0v) is 15.8. The predicted molar refractivity (Wildman–Crippen MR) is 91.7 cm³/mol. The molecule has 1 fully saturated rings. The van der Waals surface area contributed by atoms with Crippen LogP contribution >= 0.6 is 0 Å². The zero-order valence-electron chi connectivity index (χ0n) is 14.2. The van der Waals surface area contributed by atoms with Crippen molar-refractivity contribution in [2.45, 2.75) is 60.7 Å². The fourth-order valence-electron chi connectivity index (χ4n) is 3.68. The molecular weight excluding hydrogens is 407 g/mol. The van der Waals surface area contributed by atoms with Gasteiger partial charge in [0, 0.05) is 0 Å². The third kappa shape index (κ3) is 4.39. The van der Waals surface area contributed by atoms with Gasteiger partial charge in [-0.05, 0) is 24.5 Å². The summed E-state index contributed by atoms with van der Waals surface area (Å²) in [5.74, 6) is 0.270. The summed E-state index contributed by atoms with van der Waals surface area (Å²) in [5.41, 5.74) is -1.78. The first-order valence-corrected chi connectivity index (χ1v) is 11.5. The highest BCUT2D eigenvalue weighted by molar-refractivity contribution is 7.90. The lowest BCUT2D eigenvalue weighted by Crippen LogP contribution is -2.46. The number of nitrogens with one attached hydrogen (secondary N) is 2. The van der Waals surface area contributed by atoms with Crippen molar-refractivity contribution in [3.8, 4) is 0 Å². The lowest BCUT2D eigenvalue weighted by atomic mass is 9.86. The molecule has 0 radical (unpaired) electrons. The Kier molecular flexibility index (Phi) is 5.21. The Hall–Kier alpha value is -1.37. The Morgan fingerprint density at radius 2 is 1.78 bits per heavy atom. The standard InChI is InChI=1S/C15H20F3N3O4S2/c16-15(17,18)10-7-11-13(8-12(10)26(19,22)23)27(24,25)21-14(20-11)6-9-4-2-1-3-5-9/h7-9,14,20-21H,1-6H2,(H2,19,22,23). The molecule has 152 valence electrons. The van der Waals surface area contributed by atoms with Gasteiger partial charge in [-0.2, -0.15) is 17.9 Å². The lowest BCUT2D eigenvalue weighted by Gasteiger charge is -2.32. The van der Waals surface area contributed by atoms with Crippen LogP contribution in [0.25, 0.3) is 0 Å². The maximum absolute atomic E-state index is 13.3. The number of anilines is 1. The molecule has 0 saturated heterocycles. The van der Waals surface area contributed by atoms with E-state index in [9.17, 15) is 30.0 Å². The van der Waals surface area contributed by atoms with Gasteiger partial charge in [-0.15, -0.1) is 0 Å². The smallest absolute Gasteiger partial charge is 0.368 e. The number of halogens is 3. The Balaban J connectivity index is 2.02. The average molecular weight is 427 g/mol. The van der Waals surface area contributed by atoms with Crippen LogP contribution in [0.1, 0.15) is 44.1 Å². The number of primary sulfonamides is 1. The van der Waals surface area contributed by atoms with Crippen LogP contribution < -0.4 is 15.2 Å². The number of alkyl halides is 3. The van der Waals surface area contributed by atoms with E-state index >= 15 is 0 Å². The minimum atomic E-state index is -5.01. The highest BCUT2D eigenvalue weighted by Crippen LogP contribution is 2.40. The molecule has 27 heavy (non-hydrogen) atoms. The molecule has 1 aromatic rings. The van der Waals surface area contributed by atoms with Crippen LogP contribution in [0.2, 0.25) is 0 Å². The maximum atomic E-state index is 13.3. The van der Waals surface area contributed by atoms with Crippen molar-refractivity contribution in [2.24, 2.45) is 11.1 Å². The number of fused-ring (bicyclic) bond motifs is 1. The second kappa shape index (κ2) is 6.90. The molecule has 1 aliphatic heterocycles. The van der Waals surface area contributed by atoms with Gasteiger partial charge in [-0.1, -0.05) is 32.1 Å². The van der Waals surface area contributed by atoms with Gasteiger partial charge in [0.15, 0.2) is 0 Å². The minimum absolute atomic E-state index is 0.270. The van der Waals surface area contributed by atoms with E-state index in [0.29, 0.717) is 18.6 Å². The van der Waals surface area contributed by atoms with E-state index in [4.69, 9.17) is 5.14 Å². The van der Waals surface area contributed by atoms with Gasteiger partial charge in [0.05, 0.1) is 22.3 Å². The van der Waals surface area contributed by atoms with Crippen molar-refractivity contribution in [3.05, 3.63) is 17.7 Å². The summed E-state index contributed by atoms with van der Waals surface area (Å²) in [6.07, 6.45) is -0.257. The normalized spacial score (nSPS) is 23.5. The largest absolute Gasteiger partial charge is 0.417 e. The quantitative estimate of drug-likeness (QED) is 0.684. The highest BCUT2D eigenvalue weighted by atomic mass is 32.2. The van der Waals surface area contributed by atoms with Gasteiger partial charge in [0.2, 0.25) is 20.0 Å². The molecule has 2 aliphatic rings. The highest BCUT2D eigenvalue weighted by Gasteiger charge is 2.40. The van der Waals surface area contributed by atoms with E-state index in [1.165, 1.54) is 0 Å². The molecular formula is C15H20F3N3O4S2. The van der Waals surface area contributed by atoms with Crippen LogP contribution in [0, 0.1) is 5.92 Å². The summed E-state index contributed by atoms with van der Waals surface area (Å²) in [6.45, 7) is 0. The summed E-state index contributed by atoms with van der Waals surface area (Å²) in [6, 6.07) is 0.959. The van der Waals surface area contributed by atoms with Crippen molar-refractivity contribution in [2.75, 3.05) is 5.32 Å². The fraction of sp³-hybridized carbons (Fsp3) is 0.600. The molecule has 1 atom stereocenters. The molecule has 0 bridgehead atoms. The van der Waals surface area contributed by atoms with Gasteiger partial charge in [-0.3, -0.25) is 0 Å². The molecule has 1 unspecified atom stereocenters. The molecule has 0 aromatic heterocycles. The number of benzene rings is 1. The van der Waals surface area contributed by atoms with Gasteiger partial charge in [0.25, 0.3) is 0 Å². The van der Waals surface area contributed by atoms with Crippen LogP contribution in [0.4, 0.5) is 18.9 Å². The number of hydrogen-bond acceptors (Lipinski definition) is 5. The first-order chi connectivity index (χ1) is 12.4. The van der Waals surface area contributed by atoms with E-state index in [1.807, 2.05) is 0 Å². The van der Waals surface area contributed by atoms with E-state index in [0.717, 1.165) is 32.1 Å². The third-order valence-corrected chi connectivity index (χ3v) is 7.37. The topological polar surface area (TPSA) is 118 Å². The molecule has 1 saturated carbocycles. The first-order valence-electron chi connectivity index (χ1n) is 8.45. The maximum Gasteiger partial charge on any atom is 0.417 e. The second-order valence-corrected chi connectivity index (χ2v) is 10.2. The van der Waals surface area contributed by atoms with Gasteiger partial charge < -0.3 is 5.32 Å². The molecule has 0 amide bonds. The molecule has 1 heterocycles. The van der Waals surface area contributed by atoms with Crippen molar-refractivity contribution in [1.29, 1.82) is 0 Å². The van der Waals surface area contributed by atoms with Crippen LogP contribution in [0.3, 0.4) is 0 Å². The Bertz CT molecular complexity index is 940. The summed E-state index contributed by atoms with van der Waals surface area (Å²) in [5, 5.41) is 7.63. The van der Waals surface area contributed by atoms with Gasteiger partial charge in [-0.25, -0.2) is 22.0 Å². The monoisotopic (exact) mass is 427 g/mol. The number of rotatable bonds is 3. The van der Waals surface area contributed by atoms with Crippen molar-refractivity contribution >= 4 is 25.7 Å². The van der Waals surface area contributed by atoms with E-state index < -0.39 is 47.7 Å². The molecule has 0 spiro atoms. The van der Waals surface area contributed by atoms with E-state index in [1.54, 1.807) is 0 Å². The molecule has 7 nitrogen and oxygen atoms in total. The lowest BCUT2D eigenvalue weighted by molar-refractivity contribution is -0.139. The Morgan fingerprint density at radius 3 is 2.33 bits per heavy atom. The van der Waals surface area contributed by atoms with Crippen molar-refractivity contribution in [1.82, 2.24) is 4.72 Å². The minimum Gasteiger partial charge on any atom is -0.368 e. The summed E-state index contributed by atoms with van der Waals surface area (Å²) in [4.78, 5) is -1.84. The number of hydrogen-bond donors (Lipinski definition) is 3. The summed E-state index contributed by atoms with van der Waals surface area (Å²) < 4.78 is 90.4. The van der Waals surface area contributed by atoms with Gasteiger partial charge in [0.1, 0.15) is 4.90 Å². The van der Waals surface area contributed by atoms with Crippen LogP contribution in [-0.2, 0) is 26.2 Å². The third-order valence-electron chi connectivity index (χ3n) is 4.90. The summed E-state index contributed by atoms with van der Waals surface area (Å²) >= 11 is 0. The SMILES string of the molecule is NS(=O)(=O)c1cc2c(cc1C(F)(F)F)NC(CC1CCCCC1)NS2(=O)=O. The molecule has 1 aliphatic carbocycles. The molecule has 12 heteroatoms. The number of sulfonamides is 2. The van der Waals surface area contributed by atoms with Crippen molar-refractivity contribution < 1.29 is 30.0 Å². The second-order valence-electron chi connectivity index (χ2n) is 6.95. The predicted octanol–water partition coefficient (Wildman–Crippen LogP) is 2.35. The van der Waals surface area contributed by atoms with Gasteiger partial charge >= 0.3 is 6.18 Å². The average Bonchev–Trinajstić information content (AvgIpc) is 2.52.